The molecular weight excluding hydrogens is 210 g/mol. The van der Waals surface area contributed by atoms with E-state index in [-0.39, 0.29) is 0 Å². The van der Waals surface area contributed by atoms with Gasteiger partial charge in [0.1, 0.15) is 0 Å². The van der Waals surface area contributed by atoms with Crippen LogP contribution in [0.5, 0.6) is 0 Å². The van der Waals surface area contributed by atoms with E-state index in [0.717, 1.165) is 13.0 Å². The van der Waals surface area contributed by atoms with E-state index in [1.807, 2.05) is 23.1 Å². The molecule has 14 heavy (non-hydrogen) atoms. The number of thioether (sulfide) groups is 1. The van der Waals surface area contributed by atoms with E-state index >= 15 is 0 Å². The topological polar surface area (TPSA) is 12.4 Å². The van der Waals surface area contributed by atoms with Crippen LogP contribution in [0, 0.1) is 6.92 Å². The second kappa shape index (κ2) is 4.99. The SMILES string of the molecule is Cc1ccsc1CCC1=NCCCS1. The highest BCUT2D eigenvalue weighted by Crippen LogP contribution is 2.21. The van der Waals surface area contributed by atoms with Crippen molar-refractivity contribution in [2.45, 2.75) is 26.2 Å². The Hall–Kier alpha value is -0.280. The molecule has 0 radical (unpaired) electrons. The zero-order valence-electron chi connectivity index (χ0n) is 8.45. The first-order chi connectivity index (χ1) is 6.86. The van der Waals surface area contributed by atoms with Gasteiger partial charge in [-0.3, -0.25) is 4.99 Å². The standard InChI is InChI=1S/C11H15NS2/c1-9-5-8-13-10(9)3-4-11-12-6-2-7-14-11/h5,8H,2-4,6-7H2,1H3. The van der Waals surface area contributed by atoms with E-state index in [0.29, 0.717) is 0 Å². The van der Waals surface area contributed by atoms with E-state index in [2.05, 4.69) is 23.4 Å². The molecule has 1 aliphatic heterocycles. The summed E-state index contributed by atoms with van der Waals surface area (Å²) in [6, 6.07) is 2.20. The Morgan fingerprint density at radius 1 is 1.43 bits per heavy atom. The van der Waals surface area contributed by atoms with Gasteiger partial charge in [-0.1, -0.05) is 0 Å². The van der Waals surface area contributed by atoms with Crippen molar-refractivity contribution in [3.63, 3.8) is 0 Å². The Kier molecular flexibility index (Phi) is 3.65. The van der Waals surface area contributed by atoms with Crippen LogP contribution in [0.15, 0.2) is 16.4 Å². The third-order valence-electron chi connectivity index (χ3n) is 2.39. The Bertz CT molecular complexity index is 328. The van der Waals surface area contributed by atoms with Gasteiger partial charge in [-0.2, -0.15) is 0 Å². The number of aliphatic imine (C=N–C) groups is 1. The van der Waals surface area contributed by atoms with Crippen molar-refractivity contribution >= 4 is 28.1 Å². The smallest absolute Gasteiger partial charge is 0.0679 e. The van der Waals surface area contributed by atoms with Crippen LogP contribution in [0.4, 0.5) is 0 Å². The fourth-order valence-corrected chi connectivity index (χ4v) is 3.38. The highest BCUT2D eigenvalue weighted by Gasteiger charge is 2.07. The first-order valence-corrected chi connectivity index (χ1v) is 6.92. The van der Waals surface area contributed by atoms with Crippen LogP contribution in [0.25, 0.3) is 0 Å². The number of aryl methyl sites for hydroxylation is 2. The molecule has 1 nitrogen and oxygen atoms in total. The minimum Gasteiger partial charge on any atom is -0.283 e. The molecule has 76 valence electrons. The third kappa shape index (κ3) is 2.61. The van der Waals surface area contributed by atoms with Gasteiger partial charge in [0.05, 0.1) is 5.04 Å². The zero-order chi connectivity index (χ0) is 9.80. The highest BCUT2D eigenvalue weighted by atomic mass is 32.2. The molecule has 0 fully saturated rings. The molecule has 1 aromatic rings. The lowest BCUT2D eigenvalue weighted by Gasteiger charge is -2.10. The van der Waals surface area contributed by atoms with Gasteiger partial charge < -0.3 is 0 Å². The fourth-order valence-electron chi connectivity index (χ4n) is 1.54. The lowest BCUT2D eigenvalue weighted by Crippen LogP contribution is -2.04. The first kappa shape index (κ1) is 10.2. The van der Waals surface area contributed by atoms with Crippen LogP contribution in [-0.4, -0.2) is 17.3 Å². The minimum absolute atomic E-state index is 1.05. The molecule has 0 saturated heterocycles. The van der Waals surface area contributed by atoms with Crippen molar-refractivity contribution in [3.05, 3.63) is 21.9 Å². The van der Waals surface area contributed by atoms with Crippen LogP contribution in [-0.2, 0) is 6.42 Å². The Morgan fingerprint density at radius 2 is 2.36 bits per heavy atom. The van der Waals surface area contributed by atoms with Crippen molar-refractivity contribution in [2.75, 3.05) is 12.3 Å². The molecule has 0 unspecified atom stereocenters. The van der Waals surface area contributed by atoms with Gasteiger partial charge in [0.2, 0.25) is 0 Å². The highest BCUT2D eigenvalue weighted by molar-refractivity contribution is 8.14. The van der Waals surface area contributed by atoms with Crippen LogP contribution in [0.3, 0.4) is 0 Å². The molecule has 0 N–H and O–H groups in total. The van der Waals surface area contributed by atoms with Gasteiger partial charge in [-0.05, 0) is 36.8 Å². The van der Waals surface area contributed by atoms with Gasteiger partial charge in [-0.25, -0.2) is 0 Å². The summed E-state index contributed by atoms with van der Waals surface area (Å²) in [7, 11) is 0. The van der Waals surface area contributed by atoms with Gasteiger partial charge in [0, 0.05) is 23.6 Å². The Morgan fingerprint density at radius 3 is 3.00 bits per heavy atom. The molecule has 1 aromatic heterocycles. The zero-order valence-corrected chi connectivity index (χ0v) is 10.1. The summed E-state index contributed by atoms with van der Waals surface area (Å²) in [4.78, 5) is 6.07. The maximum atomic E-state index is 4.54. The molecule has 0 bridgehead atoms. The molecule has 2 rings (SSSR count). The molecule has 2 heterocycles. The maximum absolute atomic E-state index is 4.54. The number of rotatable bonds is 3. The largest absolute Gasteiger partial charge is 0.283 e. The summed E-state index contributed by atoms with van der Waals surface area (Å²) in [6.07, 6.45) is 3.58. The number of hydrogen-bond donors (Lipinski definition) is 0. The molecule has 3 heteroatoms. The van der Waals surface area contributed by atoms with Crippen LogP contribution in [0.2, 0.25) is 0 Å². The molecule has 0 aromatic carbocycles. The van der Waals surface area contributed by atoms with Crippen molar-refractivity contribution in [2.24, 2.45) is 4.99 Å². The summed E-state index contributed by atoms with van der Waals surface area (Å²) in [5.74, 6) is 1.27. The van der Waals surface area contributed by atoms with Crippen LogP contribution in [0.1, 0.15) is 23.3 Å². The van der Waals surface area contributed by atoms with E-state index in [1.54, 1.807) is 0 Å². The van der Waals surface area contributed by atoms with Crippen LogP contribution < -0.4 is 0 Å². The third-order valence-corrected chi connectivity index (χ3v) is 4.64. The van der Waals surface area contributed by atoms with E-state index < -0.39 is 0 Å². The van der Waals surface area contributed by atoms with E-state index in [9.17, 15) is 0 Å². The van der Waals surface area contributed by atoms with Gasteiger partial charge in [0.15, 0.2) is 0 Å². The quantitative estimate of drug-likeness (QED) is 0.766. The molecule has 0 saturated carbocycles. The Balaban J connectivity index is 1.88. The lowest BCUT2D eigenvalue weighted by atomic mass is 10.2. The van der Waals surface area contributed by atoms with Crippen molar-refractivity contribution < 1.29 is 0 Å². The van der Waals surface area contributed by atoms with Crippen molar-refractivity contribution in [1.29, 1.82) is 0 Å². The molecule has 0 spiro atoms. The predicted molar refractivity (Wildman–Crippen MR) is 66.8 cm³/mol. The van der Waals surface area contributed by atoms with E-state index in [4.69, 9.17) is 0 Å². The number of thiophene rings is 1. The maximum Gasteiger partial charge on any atom is 0.0679 e. The van der Waals surface area contributed by atoms with E-state index in [1.165, 1.54) is 34.1 Å². The summed E-state index contributed by atoms with van der Waals surface area (Å²) in [5.41, 5.74) is 1.44. The van der Waals surface area contributed by atoms with Gasteiger partial charge in [-0.15, -0.1) is 23.1 Å². The molecule has 0 amide bonds. The summed E-state index contributed by atoms with van der Waals surface area (Å²) < 4.78 is 0. The number of nitrogens with zero attached hydrogens (tertiary/aromatic N) is 1. The fraction of sp³-hybridized carbons (Fsp3) is 0.545. The average Bonchev–Trinajstić information content (AvgIpc) is 2.63. The molecule has 1 aliphatic rings. The summed E-state index contributed by atoms with van der Waals surface area (Å²) in [6.45, 7) is 3.24. The van der Waals surface area contributed by atoms with Gasteiger partial charge >= 0.3 is 0 Å². The van der Waals surface area contributed by atoms with Gasteiger partial charge in [0.25, 0.3) is 0 Å². The minimum atomic E-state index is 1.05. The molecular formula is C11H15NS2. The second-order valence-electron chi connectivity index (χ2n) is 3.50. The summed E-state index contributed by atoms with van der Waals surface area (Å²) in [5, 5.41) is 3.55. The first-order valence-electron chi connectivity index (χ1n) is 5.05. The molecule has 0 aliphatic carbocycles. The molecule has 0 atom stereocenters. The van der Waals surface area contributed by atoms with Crippen molar-refractivity contribution in [1.82, 2.24) is 0 Å². The number of hydrogen-bond acceptors (Lipinski definition) is 3. The monoisotopic (exact) mass is 225 g/mol. The second-order valence-corrected chi connectivity index (χ2v) is 5.67. The lowest BCUT2D eigenvalue weighted by molar-refractivity contribution is 0.923. The van der Waals surface area contributed by atoms with Crippen molar-refractivity contribution in [3.8, 4) is 0 Å². The van der Waals surface area contributed by atoms with Crippen LogP contribution >= 0.6 is 23.1 Å². The average molecular weight is 225 g/mol. The normalized spacial score (nSPS) is 16.8. The predicted octanol–water partition coefficient (Wildman–Crippen LogP) is 3.52. The summed E-state index contributed by atoms with van der Waals surface area (Å²) >= 11 is 3.82. The Labute approximate surface area is 93.6 Å².